The van der Waals surface area contributed by atoms with Crippen molar-refractivity contribution in [2.75, 3.05) is 5.73 Å². The third-order valence-corrected chi connectivity index (χ3v) is 4.02. The molecule has 1 amide bonds. The quantitative estimate of drug-likeness (QED) is 0.843. The molecule has 2 aromatic carbocycles. The predicted molar refractivity (Wildman–Crippen MR) is 75.9 cm³/mol. The number of amides is 1. The molecule has 0 bridgehead atoms. The molecule has 0 saturated carbocycles. The van der Waals surface area contributed by atoms with Crippen LogP contribution in [0.25, 0.3) is 0 Å². The summed E-state index contributed by atoms with van der Waals surface area (Å²) in [5, 5.41) is 0. The van der Waals surface area contributed by atoms with Crippen molar-refractivity contribution in [3.8, 4) is 0 Å². The Hall–Kier alpha value is -2.21. The van der Waals surface area contributed by atoms with Gasteiger partial charge >= 0.3 is 0 Å². The summed E-state index contributed by atoms with van der Waals surface area (Å²) < 4.78 is 25.4. The number of halogens is 1. The molecule has 0 aromatic heterocycles. The number of primary amides is 1. The van der Waals surface area contributed by atoms with Crippen LogP contribution in [0.5, 0.6) is 0 Å². The van der Waals surface area contributed by atoms with Crippen LogP contribution in [0.15, 0.2) is 47.4 Å². The average Bonchev–Trinajstić information content (AvgIpc) is 2.37. The van der Waals surface area contributed by atoms with Gasteiger partial charge in [-0.05, 0) is 35.9 Å². The van der Waals surface area contributed by atoms with Crippen molar-refractivity contribution < 1.29 is 13.4 Å². The molecule has 6 heteroatoms. The van der Waals surface area contributed by atoms with Gasteiger partial charge in [0.1, 0.15) is 5.82 Å². The Morgan fingerprint density at radius 3 is 2.60 bits per heavy atom. The second-order valence-electron chi connectivity index (χ2n) is 4.27. The van der Waals surface area contributed by atoms with Crippen molar-refractivity contribution >= 4 is 22.4 Å². The molecular weight excluding hydrogens is 279 g/mol. The van der Waals surface area contributed by atoms with Gasteiger partial charge in [-0.15, -0.1) is 0 Å². The lowest BCUT2D eigenvalue weighted by molar-refractivity contribution is 0.1000. The van der Waals surface area contributed by atoms with Gasteiger partial charge in [0.05, 0.1) is 16.6 Å². The summed E-state index contributed by atoms with van der Waals surface area (Å²) >= 11 is 0. The van der Waals surface area contributed by atoms with E-state index in [1.54, 1.807) is 24.3 Å². The fourth-order valence-corrected chi connectivity index (χ4v) is 2.93. The lowest BCUT2D eigenvalue weighted by Crippen LogP contribution is -2.11. The Labute approximate surface area is 118 Å². The maximum atomic E-state index is 13.2. The molecule has 0 aliphatic heterocycles. The SMILES string of the molecule is NC(=O)c1cccc(CS(=O)c2cc(N)cc(F)c2)c1. The van der Waals surface area contributed by atoms with Crippen molar-refractivity contribution in [1.29, 1.82) is 0 Å². The maximum absolute atomic E-state index is 13.2. The smallest absolute Gasteiger partial charge is 0.248 e. The van der Waals surface area contributed by atoms with Gasteiger partial charge in [0.15, 0.2) is 0 Å². The number of hydrogen-bond acceptors (Lipinski definition) is 3. The first-order chi connectivity index (χ1) is 9.45. The minimum absolute atomic E-state index is 0.157. The van der Waals surface area contributed by atoms with Crippen LogP contribution in [-0.4, -0.2) is 10.1 Å². The van der Waals surface area contributed by atoms with Crippen LogP contribution in [-0.2, 0) is 16.6 Å². The first-order valence-electron chi connectivity index (χ1n) is 5.79. The summed E-state index contributed by atoms with van der Waals surface area (Å²) in [6.45, 7) is 0. The van der Waals surface area contributed by atoms with Crippen molar-refractivity contribution in [3.05, 3.63) is 59.4 Å². The lowest BCUT2D eigenvalue weighted by atomic mass is 10.1. The Bertz CT molecular complexity index is 668. The Kier molecular flexibility index (Phi) is 4.14. The van der Waals surface area contributed by atoms with E-state index >= 15 is 0 Å². The number of rotatable bonds is 4. The van der Waals surface area contributed by atoms with Crippen LogP contribution in [0, 0.1) is 5.82 Å². The van der Waals surface area contributed by atoms with Gasteiger partial charge in [0.2, 0.25) is 5.91 Å². The predicted octanol–water partition coefficient (Wildman–Crippen LogP) is 1.81. The zero-order valence-electron chi connectivity index (χ0n) is 10.5. The number of carbonyl (C=O) groups excluding carboxylic acids is 1. The molecular formula is C14H13FN2O2S. The van der Waals surface area contributed by atoms with Crippen LogP contribution in [0.4, 0.5) is 10.1 Å². The lowest BCUT2D eigenvalue weighted by Gasteiger charge is -2.05. The molecule has 2 rings (SSSR count). The van der Waals surface area contributed by atoms with Crippen molar-refractivity contribution in [1.82, 2.24) is 0 Å². The molecule has 0 fully saturated rings. The van der Waals surface area contributed by atoms with E-state index in [1.807, 2.05) is 0 Å². The van der Waals surface area contributed by atoms with E-state index in [0.29, 0.717) is 16.0 Å². The van der Waals surface area contributed by atoms with Crippen LogP contribution >= 0.6 is 0 Å². The monoisotopic (exact) mass is 292 g/mol. The van der Waals surface area contributed by atoms with Crippen LogP contribution in [0.3, 0.4) is 0 Å². The Morgan fingerprint density at radius 2 is 1.95 bits per heavy atom. The van der Waals surface area contributed by atoms with Gasteiger partial charge in [-0.2, -0.15) is 0 Å². The first-order valence-corrected chi connectivity index (χ1v) is 7.11. The fourth-order valence-electron chi connectivity index (χ4n) is 1.76. The highest BCUT2D eigenvalue weighted by atomic mass is 32.2. The molecule has 1 atom stereocenters. The third kappa shape index (κ3) is 3.42. The average molecular weight is 292 g/mol. The van der Waals surface area contributed by atoms with E-state index in [2.05, 4.69) is 0 Å². The highest BCUT2D eigenvalue weighted by Gasteiger charge is 2.09. The van der Waals surface area contributed by atoms with E-state index in [4.69, 9.17) is 11.5 Å². The van der Waals surface area contributed by atoms with Gasteiger partial charge < -0.3 is 11.5 Å². The first kappa shape index (κ1) is 14.2. The third-order valence-electron chi connectivity index (χ3n) is 2.67. The maximum Gasteiger partial charge on any atom is 0.248 e. The number of hydrogen-bond donors (Lipinski definition) is 2. The zero-order chi connectivity index (χ0) is 14.7. The fraction of sp³-hybridized carbons (Fsp3) is 0.0714. The number of benzene rings is 2. The Balaban J connectivity index is 2.23. The molecule has 20 heavy (non-hydrogen) atoms. The molecule has 0 aliphatic rings. The molecule has 0 saturated heterocycles. The second-order valence-corrected chi connectivity index (χ2v) is 5.73. The minimum Gasteiger partial charge on any atom is -0.399 e. The second kappa shape index (κ2) is 5.83. The van der Waals surface area contributed by atoms with Crippen molar-refractivity contribution in [3.63, 3.8) is 0 Å². The van der Waals surface area contributed by atoms with Crippen LogP contribution < -0.4 is 11.5 Å². The van der Waals surface area contributed by atoms with Crippen LogP contribution in [0.1, 0.15) is 15.9 Å². The Morgan fingerprint density at radius 1 is 1.20 bits per heavy atom. The van der Waals surface area contributed by atoms with Gasteiger partial charge in [-0.3, -0.25) is 9.00 Å². The van der Waals surface area contributed by atoms with Gasteiger partial charge in [-0.25, -0.2) is 4.39 Å². The summed E-state index contributed by atoms with van der Waals surface area (Å²) in [7, 11) is -1.45. The number of anilines is 1. The number of nitrogens with two attached hydrogens (primary N) is 2. The van der Waals surface area contributed by atoms with Crippen molar-refractivity contribution in [2.24, 2.45) is 5.73 Å². The van der Waals surface area contributed by atoms with E-state index < -0.39 is 22.5 Å². The van der Waals surface area contributed by atoms with E-state index in [-0.39, 0.29) is 11.4 Å². The molecule has 4 N–H and O–H groups in total. The molecule has 1 unspecified atom stereocenters. The molecule has 2 aromatic rings. The largest absolute Gasteiger partial charge is 0.399 e. The zero-order valence-corrected chi connectivity index (χ0v) is 11.3. The van der Waals surface area contributed by atoms with E-state index in [0.717, 1.165) is 6.07 Å². The number of carbonyl (C=O) groups is 1. The van der Waals surface area contributed by atoms with Gasteiger partial charge in [0.25, 0.3) is 0 Å². The molecule has 0 radical (unpaired) electrons. The topological polar surface area (TPSA) is 86.2 Å². The minimum atomic E-state index is -1.45. The van der Waals surface area contributed by atoms with Gasteiger partial charge in [0, 0.05) is 16.1 Å². The number of nitrogen functional groups attached to an aromatic ring is 1. The van der Waals surface area contributed by atoms with Crippen molar-refractivity contribution in [2.45, 2.75) is 10.6 Å². The molecule has 0 heterocycles. The molecule has 4 nitrogen and oxygen atoms in total. The summed E-state index contributed by atoms with van der Waals surface area (Å²) in [4.78, 5) is 11.4. The molecule has 0 aliphatic carbocycles. The molecule has 104 valence electrons. The van der Waals surface area contributed by atoms with Gasteiger partial charge in [-0.1, -0.05) is 12.1 Å². The van der Waals surface area contributed by atoms with E-state index in [9.17, 15) is 13.4 Å². The van der Waals surface area contributed by atoms with E-state index in [1.165, 1.54) is 12.1 Å². The summed E-state index contributed by atoms with van der Waals surface area (Å²) in [5.41, 5.74) is 12.0. The highest BCUT2D eigenvalue weighted by molar-refractivity contribution is 7.84. The summed E-state index contributed by atoms with van der Waals surface area (Å²) in [6, 6.07) is 10.4. The standard InChI is InChI=1S/C14H13FN2O2S/c15-11-5-12(16)7-13(6-11)20(19)8-9-2-1-3-10(4-9)14(17)18/h1-7H,8,16H2,(H2,17,18). The normalized spacial score (nSPS) is 12.1. The summed E-state index contributed by atoms with van der Waals surface area (Å²) in [6.07, 6.45) is 0. The highest BCUT2D eigenvalue weighted by Crippen LogP contribution is 2.18. The van der Waals surface area contributed by atoms with Crippen LogP contribution in [0.2, 0.25) is 0 Å². The summed E-state index contributed by atoms with van der Waals surface area (Å²) in [5.74, 6) is -0.920. The molecule has 0 spiro atoms.